The summed E-state index contributed by atoms with van der Waals surface area (Å²) in [5.74, 6) is 0.593. The molecule has 0 bridgehead atoms. The number of nitrogens with zero attached hydrogens (tertiary/aromatic N) is 1. The van der Waals surface area contributed by atoms with E-state index in [4.69, 9.17) is 10.5 Å². The Labute approximate surface area is 126 Å². The zero-order chi connectivity index (χ0) is 15.1. The van der Waals surface area contributed by atoms with E-state index in [0.29, 0.717) is 12.3 Å². The summed E-state index contributed by atoms with van der Waals surface area (Å²) in [6, 6.07) is 7.67. The van der Waals surface area contributed by atoms with Crippen molar-refractivity contribution in [1.29, 1.82) is 0 Å². The molecule has 0 saturated carbocycles. The Morgan fingerprint density at radius 3 is 2.81 bits per heavy atom. The largest absolute Gasteiger partial charge is 0.483 e. The molecule has 0 aromatic heterocycles. The zero-order valence-electron chi connectivity index (χ0n) is 12.7. The molecule has 1 aromatic carbocycles. The standard InChI is InChI=1S/C16H25N3O2/c1-13(11-19-8-4-5-9-19)18-16(20)12-21-15-7-3-2-6-14(15)10-17/h2-3,6-7,13H,4-5,8-12,17H2,1H3,(H,18,20). The molecule has 5 nitrogen and oxygen atoms in total. The van der Waals surface area contributed by atoms with Gasteiger partial charge in [0.2, 0.25) is 0 Å². The van der Waals surface area contributed by atoms with Crippen LogP contribution in [-0.2, 0) is 11.3 Å². The van der Waals surface area contributed by atoms with E-state index in [0.717, 1.165) is 25.2 Å². The monoisotopic (exact) mass is 291 g/mol. The van der Waals surface area contributed by atoms with Crippen molar-refractivity contribution in [1.82, 2.24) is 10.2 Å². The van der Waals surface area contributed by atoms with Crippen LogP contribution in [0.3, 0.4) is 0 Å². The Balaban J connectivity index is 1.73. The predicted molar refractivity (Wildman–Crippen MR) is 83.1 cm³/mol. The number of rotatable bonds is 7. The van der Waals surface area contributed by atoms with Crippen LogP contribution in [0.1, 0.15) is 25.3 Å². The highest BCUT2D eigenvalue weighted by Gasteiger charge is 2.16. The highest BCUT2D eigenvalue weighted by molar-refractivity contribution is 5.77. The summed E-state index contributed by atoms with van der Waals surface area (Å²) in [6.07, 6.45) is 2.53. The molecular weight excluding hydrogens is 266 g/mol. The number of likely N-dealkylation sites (tertiary alicyclic amines) is 1. The summed E-state index contributed by atoms with van der Waals surface area (Å²) >= 11 is 0. The van der Waals surface area contributed by atoms with Gasteiger partial charge in [-0.2, -0.15) is 0 Å². The SMILES string of the molecule is CC(CN1CCCC1)NC(=O)COc1ccccc1CN. The number of amides is 1. The second-order valence-corrected chi connectivity index (χ2v) is 5.58. The molecule has 2 rings (SSSR count). The van der Waals surface area contributed by atoms with Crippen molar-refractivity contribution in [3.05, 3.63) is 29.8 Å². The van der Waals surface area contributed by atoms with Crippen molar-refractivity contribution in [3.8, 4) is 5.75 Å². The van der Waals surface area contributed by atoms with Crippen molar-refractivity contribution in [2.24, 2.45) is 5.73 Å². The molecule has 1 unspecified atom stereocenters. The zero-order valence-corrected chi connectivity index (χ0v) is 12.7. The van der Waals surface area contributed by atoms with Crippen LogP contribution in [0.2, 0.25) is 0 Å². The van der Waals surface area contributed by atoms with E-state index in [1.165, 1.54) is 12.8 Å². The fourth-order valence-electron chi connectivity index (χ4n) is 2.67. The second-order valence-electron chi connectivity index (χ2n) is 5.58. The third-order valence-corrected chi connectivity index (χ3v) is 3.69. The lowest BCUT2D eigenvalue weighted by molar-refractivity contribution is -0.123. The smallest absolute Gasteiger partial charge is 0.258 e. The van der Waals surface area contributed by atoms with Crippen LogP contribution in [0.15, 0.2) is 24.3 Å². The Morgan fingerprint density at radius 2 is 2.10 bits per heavy atom. The van der Waals surface area contributed by atoms with Gasteiger partial charge in [-0.05, 0) is 38.9 Å². The molecule has 0 spiro atoms. The van der Waals surface area contributed by atoms with E-state index in [2.05, 4.69) is 10.2 Å². The normalized spacial score (nSPS) is 16.7. The highest BCUT2D eigenvalue weighted by atomic mass is 16.5. The molecule has 1 amide bonds. The van der Waals surface area contributed by atoms with Crippen LogP contribution in [-0.4, -0.2) is 43.1 Å². The first-order valence-corrected chi connectivity index (χ1v) is 7.61. The number of benzene rings is 1. The van der Waals surface area contributed by atoms with Crippen molar-refractivity contribution < 1.29 is 9.53 Å². The minimum Gasteiger partial charge on any atom is -0.483 e. The van der Waals surface area contributed by atoms with Crippen LogP contribution in [0.25, 0.3) is 0 Å². The molecule has 21 heavy (non-hydrogen) atoms. The minimum atomic E-state index is -0.0893. The van der Waals surface area contributed by atoms with Crippen LogP contribution >= 0.6 is 0 Å². The van der Waals surface area contributed by atoms with Gasteiger partial charge in [-0.3, -0.25) is 4.79 Å². The maximum absolute atomic E-state index is 11.9. The Kier molecular flexibility index (Phi) is 6.02. The summed E-state index contributed by atoms with van der Waals surface area (Å²) in [6.45, 7) is 5.65. The van der Waals surface area contributed by atoms with Gasteiger partial charge < -0.3 is 20.7 Å². The van der Waals surface area contributed by atoms with Crippen molar-refractivity contribution in [3.63, 3.8) is 0 Å². The lowest BCUT2D eigenvalue weighted by Crippen LogP contribution is -2.42. The maximum atomic E-state index is 11.9. The van der Waals surface area contributed by atoms with E-state index >= 15 is 0 Å². The van der Waals surface area contributed by atoms with Crippen molar-refractivity contribution in [2.45, 2.75) is 32.4 Å². The first-order valence-electron chi connectivity index (χ1n) is 7.61. The van der Waals surface area contributed by atoms with Gasteiger partial charge >= 0.3 is 0 Å². The number of carbonyl (C=O) groups excluding carboxylic acids is 1. The number of hydrogen-bond donors (Lipinski definition) is 2. The predicted octanol–water partition coefficient (Wildman–Crippen LogP) is 1.12. The van der Waals surface area contributed by atoms with Crippen LogP contribution in [0.5, 0.6) is 5.75 Å². The maximum Gasteiger partial charge on any atom is 0.258 e. The first-order chi connectivity index (χ1) is 10.2. The minimum absolute atomic E-state index is 0.0291. The number of nitrogens with one attached hydrogen (secondary N) is 1. The van der Waals surface area contributed by atoms with Crippen molar-refractivity contribution in [2.75, 3.05) is 26.2 Å². The molecule has 1 aliphatic heterocycles. The summed E-state index contributed by atoms with van der Waals surface area (Å²) in [5.41, 5.74) is 6.56. The van der Waals surface area contributed by atoms with Crippen LogP contribution < -0.4 is 15.8 Å². The molecule has 1 atom stereocenters. The molecule has 116 valence electrons. The number of ether oxygens (including phenoxy) is 1. The van der Waals surface area contributed by atoms with Gasteiger partial charge in [-0.25, -0.2) is 0 Å². The molecule has 1 heterocycles. The van der Waals surface area contributed by atoms with Crippen molar-refractivity contribution >= 4 is 5.91 Å². The van der Waals surface area contributed by atoms with E-state index < -0.39 is 0 Å². The number of para-hydroxylation sites is 1. The molecule has 1 fully saturated rings. The fourth-order valence-corrected chi connectivity index (χ4v) is 2.67. The first kappa shape index (κ1) is 15.8. The Bertz CT molecular complexity index is 459. The highest BCUT2D eigenvalue weighted by Crippen LogP contribution is 2.16. The molecule has 5 heteroatoms. The quantitative estimate of drug-likeness (QED) is 0.790. The van der Waals surface area contributed by atoms with Gasteiger partial charge in [0.1, 0.15) is 5.75 Å². The van der Waals surface area contributed by atoms with Gasteiger partial charge in [0.05, 0.1) is 0 Å². The van der Waals surface area contributed by atoms with Crippen LogP contribution in [0.4, 0.5) is 0 Å². The molecule has 0 aliphatic carbocycles. The summed E-state index contributed by atoms with van der Waals surface area (Å²) in [5, 5.41) is 2.98. The Morgan fingerprint density at radius 1 is 1.38 bits per heavy atom. The third-order valence-electron chi connectivity index (χ3n) is 3.69. The van der Waals surface area contributed by atoms with E-state index in [9.17, 15) is 4.79 Å². The topological polar surface area (TPSA) is 67.6 Å². The summed E-state index contributed by atoms with van der Waals surface area (Å²) in [7, 11) is 0. The molecular formula is C16H25N3O2. The van der Waals surface area contributed by atoms with E-state index in [-0.39, 0.29) is 18.6 Å². The number of carbonyl (C=O) groups is 1. The van der Waals surface area contributed by atoms with E-state index in [1.807, 2.05) is 31.2 Å². The molecule has 0 radical (unpaired) electrons. The molecule has 1 aromatic rings. The van der Waals surface area contributed by atoms with Gasteiger partial charge in [0.25, 0.3) is 5.91 Å². The Hall–Kier alpha value is -1.59. The van der Waals surface area contributed by atoms with Crippen LogP contribution in [0, 0.1) is 0 Å². The average Bonchev–Trinajstić information content (AvgIpc) is 2.98. The van der Waals surface area contributed by atoms with E-state index in [1.54, 1.807) is 0 Å². The number of nitrogens with two attached hydrogens (primary N) is 1. The lowest BCUT2D eigenvalue weighted by atomic mass is 10.2. The van der Waals surface area contributed by atoms with Gasteiger partial charge in [-0.15, -0.1) is 0 Å². The lowest BCUT2D eigenvalue weighted by Gasteiger charge is -2.21. The molecule has 1 saturated heterocycles. The van der Waals surface area contributed by atoms with Gasteiger partial charge in [0, 0.05) is 24.7 Å². The molecule has 3 N–H and O–H groups in total. The third kappa shape index (κ3) is 5.02. The number of hydrogen-bond acceptors (Lipinski definition) is 4. The molecule has 1 aliphatic rings. The van der Waals surface area contributed by atoms with Gasteiger partial charge in [0.15, 0.2) is 6.61 Å². The fraction of sp³-hybridized carbons (Fsp3) is 0.562. The summed E-state index contributed by atoms with van der Waals surface area (Å²) in [4.78, 5) is 14.3. The average molecular weight is 291 g/mol. The van der Waals surface area contributed by atoms with Gasteiger partial charge in [-0.1, -0.05) is 18.2 Å². The second kappa shape index (κ2) is 8.00. The summed E-state index contributed by atoms with van der Waals surface area (Å²) < 4.78 is 5.56.